The third-order valence-electron chi connectivity index (χ3n) is 7.74. The van der Waals surface area contributed by atoms with Crippen LogP contribution in [0.4, 0.5) is 21.0 Å². The van der Waals surface area contributed by atoms with Crippen molar-refractivity contribution in [1.82, 2.24) is 14.9 Å². The minimum Gasteiger partial charge on any atom is -0.444 e. The summed E-state index contributed by atoms with van der Waals surface area (Å²) < 4.78 is 32.6. The number of hydrogen-bond donors (Lipinski definition) is 2. The number of nitrogens with one attached hydrogen (secondary N) is 1. The number of halogens is 2. The Hall–Kier alpha value is -2.41. The zero-order chi connectivity index (χ0) is 30.5. The van der Waals surface area contributed by atoms with Gasteiger partial charge in [-0.25, -0.2) is 14.2 Å². The Balaban J connectivity index is 1.67. The van der Waals surface area contributed by atoms with Gasteiger partial charge in [-0.3, -0.25) is 0 Å². The summed E-state index contributed by atoms with van der Waals surface area (Å²) in [5, 5.41) is 14.1. The lowest BCUT2D eigenvalue weighted by Crippen LogP contribution is -2.50. The molecule has 1 aromatic heterocycles. The van der Waals surface area contributed by atoms with E-state index in [1.165, 1.54) is 13.8 Å². The fraction of sp³-hybridized carbons (Fsp3) is 0.679. The number of amides is 1. The van der Waals surface area contributed by atoms with Gasteiger partial charge in [0, 0.05) is 42.1 Å². The van der Waals surface area contributed by atoms with Crippen LogP contribution in [0, 0.1) is 0 Å². The summed E-state index contributed by atoms with van der Waals surface area (Å²) >= 11 is 6.80. The highest BCUT2D eigenvalue weighted by atomic mass is 35.5. The summed E-state index contributed by atoms with van der Waals surface area (Å²) in [6, 6.07) is 3.61. The number of hydrogen-bond acceptors (Lipinski definition) is 9. The van der Waals surface area contributed by atoms with Crippen molar-refractivity contribution in [2.45, 2.75) is 90.9 Å². The monoisotopic (exact) mass is 593 g/mol. The fourth-order valence-electron chi connectivity index (χ4n) is 4.48. The average Bonchev–Trinajstić information content (AvgIpc) is 3.06. The molecule has 2 aliphatic heterocycles. The van der Waals surface area contributed by atoms with Crippen LogP contribution < -0.4 is 15.7 Å². The van der Waals surface area contributed by atoms with Crippen LogP contribution in [0.25, 0.3) is 10.9 Å². The van der Waals surface area contributed by atoms with Crippen LogP contribution >= 0.6 is 11.6 Å². The van der Waals surface area contributed by atoms with Crippen molar-refractivity contribution in [2.24, 2.45) is 0 Å². The summed E-state index contributed by atoms with van der Waals surface area (Å²) in [6.07, 6.45) is -1.91. The zero-order valence-electron chi connectivity index (χ0n) is 25.5. The fourth-order valence-corrected chi connectivity index (χ4v) is 4.73. The predicted molar refractivity (Wildman–Crippen MR) is 160 cm³/mol. The van der Waals surface area contributed by atoms with Gasteiger partial charge in [0.15, 0.2) is 0 Å². The number of carbonyl (C=O) groups is 1. The van der Waals surface area contributed by atoms with Gasteiger partial charge in [0.05, 0.1) is 28.9 Å². The molecule has 226 valence electrons. The Morgan fingerprint density at radius 2 is 1.71 bits per heavy atom. The van der Waals surface area contributed by atoms with E-state index in [-0.39, 0.29) is 18.6 Å². The van der Waals surface area contributed by atoms with Gasteiger partial charge in [-0.2, -0.15) is 4.98 Å². The van der Waals surface area contributed by atoms with Crippen LogP contribution in [0.3, 0.4) is 0 Å². The Morgan fingerprint density at radius 1 is 1.12 bits per heavy atom. The van der Waals surface area contributed by atoms with E-state index in [0.717, 1.165) is 0 Å². The molecular weight excluding hydrogens is 552 g/mol. The average molecular weight is 594 g/mol. The molecule has 10 nitrogen and oxygen atoms in total. The molecule has 0 aliphatic carbocycles. The third kappa shape index (κ3) is 6.98. The number of alkyl halides is 1. The molecule has 0 bridgehead atoms. The summed E-state index contributed by atoms with van der Waals surface area (Å²) in [4.78, 5) is 25.7. The summed E-state index contributed by atoms with van der Waals surface area (Å²) in [5.41, 5.74) is -2.02. The quantitative estimate of drug-likeness (QED) is 0.477. The second-order valence-corrected chi connectivity index (χ2v) is 13.7. The van der Waals surface area contributed by atoms with Crippen molar-refractivity contribution in [1.29, 1.82) is 0 Å². The number of benzene rings is 1. The first-order valence-electron chi connectivity index (χ1n) is 14.0. The molecule has 0 radical (unpaired) electrons. The van der Waals surface area contributed by atoms with Gasteiger partial charge < -0.3 is 34.3 Å². The SMILES string of the molecule is CC(C)(C)OC(=O)N1CCN(c2nc(NC[C@@H](F)C(C)(C)O)nc3cc(B4OC(C)(C)C(C)(C)O4)c(Cl)cc23)CC1. The smallest absolute Gasteiger partial charge is 0.444 e. The van der Waals surface area contributed by atoms with Crippen molar-refractivity contribution < 1.29 is 28.3 Å². The van der Waals surface area contributed by atoms with Crippen LogP contribution in [-0.2, 0) is 14.0 Å². The molecule has 13 heteroatoms. The number of carbonyl (C=O) groups excluding carboxylic acids is 1. The minimum absolute atomic E-state index is 0.182. The topological polar surface area (TPSA) is 109 Å². The maximum absolute atomic E-state index is 14.6. The van der Waals surface area contributed by atoms with Crippen LogP contribution in [0.15, 0.2) is 12.1 Å². The normalized spacial score (nSPS) is 20.0. The Bertz CT molecular complexity index is 1280. The van der Waals surface area contributed by atoms with E-state index in [1.807, 2.05) is 59.4 Å². The largest absolute Gasteiger partial charge is 0.496 e. The Kier molecular flexibility index (Phi) is 8.47. The van der Waals surface area contributed by atoms with Crippen LogP contribution in [0.5, 0.6) is 0 Å². The van der Waals surface area contributed by atoms with Gasteiger partial charge >= 0.3 is 13.2 Å². The van der Waals surface area contributed by atoms with Gasteiger partial charge in [0.1, 0.15) is 17.6 Å². The lowest BCUT2D eigenvalue weighted by Gasteiger charge is -2.36. The van der Waals surface area contributed by atoms with Crippen molar-refractivity contribution in [3.8, 4) is 0 Å². The molecule has 1 amide bonds. The molecule has 1 aromatic carbocycles. The van der Waals surface area contributed by atoms with Crippen LogP contribution in [-0.4, -0.2) is 94.5 Å². The Labute approximate surface area is 247 Å². The molecule has 3 heterocycles. The third-order valence-corrected chi connectivity index (χ3v) is 8.07. The van der Waals surface area contributed by atoms with Gasteiger partial charge in [0.25, 0.3) is 0 Å². The lowest BCUT2D eigenvalue weighted by atomic mass is 9.78. The first-order chi connectivity index (χ1) is 18.8. The first kappa shape index (κ1) is 31.5. The van der Waals surface area contributed by atoms with Gasteiger partial charge in [-0.05, 0) is 74.4 Å². The number of piperazine rings is 1. The molecular formula is C28H42BClFN5O5. The van der Waals surface area contributed by atoms with Crippen LogP contribution in [0.2, 0.25) is 5.02 Å². The highest BCUT2D eigenvalue weighted by Gasteiger charge is 2.52. The summed E-state index contributed by atoms with van der Waals surface area (Å²) in [7, 11) is -0.700. The molecule has 2 aliphatic rings. The van der Waals surface area contributed by atoms with Gasteiger partial charge in [0.2, 0.25) is 5.95 Å². The zero-order valence-corrected chi connectivity index (χ0v) is 26.2. The number of aliphatic hydroxyl groups is 1. The standard InChI is InChI=1S/C28H42BClFN5O5/c1-25(2,3)39-24(37)36-12-10-35(11-13-36)22-17-14-19(30)18(29-40-27(6,7)28(8,9)41-29)15-20(17)33-23(34-22)32-16-21(31)26(4,5)38/h14-15,21,38H,10-13,16H2,1-9H3,(H,32,33,34)/t21-/m1/s1. The van der Waals surface area contributed by atoms with Crippen molar-refractivity contribution >= 4 is 52.9 Å². The molecule has 2 fully saturated rings. The Morgan fingerprint density at radius 3 is 2.24 bits per heavy atom. The lowest BCUT2D eigenvalue weighted by molar-refractivity contribution is 0.00316. The number of rotatable bonds is 6. The number of ether oxygens (including phenoxy) is 1. The number of aromatic nitrogens is 2. The first-order valence-corrected chi connectivity index (χ1v) is 14.4. The summed E-state index contributed by atoms with van der Waals surface area (Å²) in [5.74, 6) is 0.804. The predicted octanol–water partition coefficient (Wildman–Crippen LogP) is 4.16. The van der Waals surface area contributed by atoms with E-state index in [4.69, 9.17) is 30.6 Å². The van der Waals surface area contributed by atoms with E-state index >= 15 is 0 Å². The van der Waals surface area contributed by atoms with Crippen LogP contribution in [0.1, 0.15) is 62.3 Å². The van der Waals surface area contributed by atoms with E-state index < -0.39 is 35.7 Å². The highest BCUT2D eigenvalue weighted by molar-refractivity contribution is 6.66. The maximum atomic E-state index is 14.6. The van der Waals surface area contributed by atoms with Crippen molar-refractivity contribution in [2.75, 3.05) is 42.9 Å². The van der Waals surface area contributed by atoms with Gasteiger partial charge in [-0.1, -0.05) is 11.6 Å². The van der Waals surface area contributed by atoms with E-state index in [1.54, 1.807) is 11.0 Å². The second-order valence-electron chi connectivity index (χ2n) is 13.3. The molecule has 0 spiro atoms. The molecule has 0 saturated carbocycles. The van der Waals surface area contributed by atoms with E-state index in [0.29, 0.717) is 53.4 Å². The minimum atomic E-state index is -1.55. The molecule has 2 N–H and O–H groups in total. The van der Waals surface area contributed by atoms with Gasteiger partial charge in [-0.15, -0.1) is 0 Å². The highest BCUT2D eigenvalue weighted by Crippen LogP contribution is 2.38. The number of anilines is 2. The molecule has 4 rings (SSSR count). The number of nitrogens with zero attached hydrogens (tertiary/aromatic N) is 4. The summed E-state index contributed by atoms with van der Waals surface area (Å²) in [6.45, 7) is 17.9. The van der Waals surface area contributed by atoms with Crippen molar-refractivity contribution in [3.05, 3.63) is 17.2 Å². The molecule has 1 atom stereocenters. The van der Waals surface area contributed by atoms with E-state index in [9.17, 15) is 14.3 Å². The molecule has 41 heavy (non-hydrogen) atoms. The molecule has 2 saturated heterocycles. The maximum Gasteiger partial charge on any atom is 0.496 e. The van der Waals surface area contributed by atoms with Crippen molar-refractivity contribution in [3.63, 3.8) is 0 Å². The second kappa shape index (κ2) is 11.0. The number of fused-ring (bicyclic) bond motifs is 1. The van der Waals surface area contributed by atoms with E-state index in [2.05, 4.69) is 10.3 Å². The molecule has 2 aromatic rings. The molecule has 0 unspecified atom stereocenters.